The summed E-state index contributed by atoms with van der Waals surface area (Å²) < 4.78 is 42.9. The lowest BCUT2D eigenvalue weighted by Crippen LogP contribution is -2.61. The van der Waals surface area contributed by atoms with Crippen LogP contribution in [0.15, 0.2) is 23.5 Å². The Morgan fingerprint density at radius 2 is 1.85 bits per heavy atom. The first-order valence-corrected chi connectivity index (χ1v) is 16.3. The number of ketones is 2. The fraction of sp³-hybridized carbons (Fsp3) is 0.767. The molecule has 10 heteroatoms. The second-order valence-electron chi connectivity index (χ2n) is 12.7. The number of aliphatic hydroxyl groups is 1. The van der Waals surface area contributed by atoms with Gasteiger partial charge in [-0.05, 0) is 75.2 Å². The molecule has 0 spiro atoms. The number of rotatable bonds is 11. The summed E-state index contributed by atoms with van der Waals surface area (Å²) in [5, 5.41) is 10.1. The zero-order valence-electron chi connectivity index (χ0n) is 24.1. The monoisotopic (exact) mass is 580 g/mol. The van der Waals surface area contributed by atoms with E-state index in [0.29, 0.717) is 19.4 Å². The van der Waals surface area contributed by atoms with Crippen LogP contribution in [0.2, 0.25) is 0 Å². The standard InChI is InChI=1S/C30H44O9S/c1-5-6-7-13-39-30(26(33)18-38-27(34)11-14-40(35,36)37)19(2)15-24-22-9-8-20-16-21(31)17-25(32)29(20,4)23(22)10-12-28(24,30)3/h16-17,19,22-24,31H,5-15,18H2,1-4H3,(H,35,36,37)/t19?,22-,23+,24+,28+,29+,30+/m1/s1. The van der Waals surface area contributed by atoms with Crippen molar-refractivity contribution >= 4 is 27.7 Å². The fourth-order valence-electron chi connectivity index (χ4n) is 8.72. The fourth-order valence-corrected chi connectivity index (χ4v) is 9.15. The number of carbonyl (C=O) groups excluding carboxylic acids is 3. The van der Waals surface area contributed by atoms with E-state index in [2.05, 4.69) is 13.8 Å². The van der Waals surface area contributed by atoms with Gasteiger partial charge >= 0.3 is 5.97 Å². The number of hydrogen-bond acceptors (Lipinski definition) is 8. The Hall–Kier alpha value is -2.04. The number of fused-ring (bicyclic) bond motifs is 5. The first-order chi connectivity index (χ1) is 18.7. The minimum atomic E-state index is -4.33. The van der Waals surface area contributed by atoms with Crippen LogP contribution in [0.3, 0.4) is 0 Å². The Morgan fingerprint density at radius 1 is 1.12 bits per heavy atom. The molecule has 40 heavy (non-hydrogen) atoms. The average molecular weight is 581 g/mol. The second-order valence-corrected chi connectivity index (χ2v) is 14.3. The van der Waals surface area contributed by atoms with Gasteiger partial charge < -0.3 is 14.6 Å². The number of carbonyl (C=O) groups is 3. The number of hydrogen-bond donors (Lipinski definition) is 2. The van der Waals surface area contributed by atoms with Crippen LogP contribution in [0.25, 0.3) is 0 Å². The van der Waals surface area contributed by atoms with Crippen LogP contribution in [0.1, 0.15) is 85.5 Å². The topological polar surface area (TPSA) is 144 Å². The van der Waals surface area contributed by atoms with Crippen LogP contribution in [0.4, 0.5) is 0 Å². The SMILES string of the molecule is CCCCCO[C@]1(C(=O)COC(=O)CCS(=O)(=O)O)C(C)C[C@H]2[C@@H]3CCC4=CC(O)=CC(=O)[C@]4(C)[C@H]3CC[C@@]21C. The van der Waals surface area contributed by atoms with Gasteiger partial charge in [-0.3, -0.25) is 18.9 Å². The minimum Gasteiger partial charge on any atom is -0.508 e. The third-order valence-corrected chi connectivity index (χ3v) is 11.4. The summed E-state index contributed by atoms with van der Waals surface area (Å²) in [4.78, 5) is 39.6. The summed E-state index contributed by atoms with van der Waals surface area (Å²) in [7, 11) is -4.33. The average Bonchev–Trinajstić information content (AvgIpc) is 3.11. The highest BCUT2D eigenvalue weighted by Gasteiger charge is 2.70. The van der Waals surface area contributed by atoms with E-state index in [1.165, 1.54) is 6.08 Å². The van der Waals surface area contributed by atoms with Crippen molar-refractivity contribution in [1.29, 1.82) is 0 Å². The van der Waals surface area contributed by atoms with E-state index in [1.807, 2.05) is 13.8 Å². The molecule has 2 N–H and O–H groups in total. The molecule has 0 aromatic rings. The van der Waals surface area contributed by atoms with Gasteiger partial charge in [0, 0.05) is 18.1 Å². The van der Waals surface area contributed by atoms with E-state index in [9.17, 15) is 27.9 Å². The molecule has 0 aliphatic heterocycles. The zero-order chi connectivity index (χ0) is 29.5. The lowest BCUT2D eigenvalue weighted by Gasteiger charge is -2.58. The molecule has 0 aromatic carbocycles. The molecule has 4 aliphatic rings. The Morgan fingerprint density at radius 3 is 2.52 bits per heavy atom. The van der Waals surface area contributed by atoms with Gasteiger partial charge in [0.2, 0.25) is 5.78 Å². The first-order valence-electron chi connectivity index (χ1n) is 14.6. The molecule has 3 fully saturated rings. The van der Waals surface area contributed by atoms with Crippen LogP contribution < -0.4 is 0 Å². The first kappa shape index (κ1) is 30.9. The summed E-state index contributed by atoms with van der Waals surface area (Å²) in [6.45, 7) is 8.14. The molecular weight excluding hydrogens is 536 g/mol. The quantitative estimate of drug-likeness (QED) is 0.201. The van der Waals surface area contributed by atoms with Crippen molar-refractivity contribution < 1.29 is 41.9 Å². The zero-order valence-corrected chi connectivity index (χ0v) is 24.9. The molecule has 0 bridgehead atoms. The molecule has 9 nitrogen and oxygen atoms in total. The summed E-state index contributed by atoms with van der Waals surface area (Å²) in [5.74, 6) is -1.71. The van der Waals surface area contributed by atoms with Gasteiger partial charge in [0.25, 0.3) is 10.1 Å². The maximum Gasteiger partial charge on any atom is 0.307 e. The number of allylic oxidation sites excluding steroid dienone is 3. The summed E-state index contributed by atoms with van der Waals surface area (Å²) in [5.41, 5.74) is -1.39. The number of unbranched alkanes of at least 4 members (excludes halogenated alkanes) is 2. The normalized spacial score (nSPS) is 37.1. The predicted octanol–water partition coefficient (Wildman–Crippen LogP) is 4.76. The molecule has 0 amide bonds. The van der Waals surface area contributed by atoms with E-state index in [1.54, 1.807) is 6.08 Å². The number of Topliss-reactive ketones (excluding diaryl/α,β-unsaturated/α-hetero) is 1. The van der Waals surface area contributed by atoms with Gasteiger partial charge in [0.15, 0.2) is 12.4 Å². The third-order valence-electron chi connectivity index (χ3n) is 10.7. The van der Waals surface area contributed by atoms with Crippen molar-refractivity contribution in [2.75, 3.05) is 19.0 Å². The molecule has 224 valence electrons. The molecule has 4 rings (SSSR count). The highest BCUT2D eigenvalue weighted by Crippen LogP contribution is 2.69. The second kappa shape index (κ2) is 11.3. The van der Waals surface area contributed by atoms with Gasteiger partial charge in [-0.15, -0.1) is 0 Å². The molecule has 4 aliphatic carbocycles. The molecule has 1 unspecified atom stereocenters. The molecular formula is C30H44O9S. The van der Waals surface area contributed by atoms with Crippen molar-refractivity contribution in [2.24, 2.45) is 34.5 Å². The molecule has 0 aromatic heterocycles. The molecule has 0 heterocycles. The Kier molecular flexibility index (Phi) is 8.75. The Balaban J connectivity index is 1.61. The van der Waals surface area contributed by atoms with E-state index in [4.69, 9.17) is 14.0 Å². The molecule has 0 radical (unpaired) electrons. The predicted molar refractivity (Wildman–Crippen MR) is 148 cm³/mol. The number of ether oxygens (including phenoxy) is 2. The van der Waals surface area contributed by atoms with Gasteiger partial charge in [0.05, 0.1) is 17.6 Å². The summed E-state index contributed by atoms with van der Waals surface area (Å²) in [6.07, 6.45) is 9.06. The lowest BCUT2D eigenvalue weighted by molar-refractivity contribution is -0.190. The van der Waals surface area contributed by atoms with Gasteiger partial charge in [-0.25, -0.2) is 0 Å². The maximum absolute atomic E-state index is 14.1. The smallest absolute Gasteiger partial charge is 0.307 e. The van der Waals surface area contributed by atoms with Crippen LogP contribution in [-0.2, 0) is 34.0 Å². The van der Waals surface area contributed by atoms with Gasteiger partial charge in [-0.1, -0.05) is 39.2 Å². The lowest BCUT2D eigenvalue weighted by atomic mass is 9.46. The maximum atomic E-state index is 14.1. The van der Waals surface area contributed by atoms with Crippen molar-refractivity contribution in [3.8, 4) is 0 Å². The Bertz CT molecular complexity index is 1200. The van der Waals surface area contributed by atoms with Gasteiger partial charge in [0.1, 0.15) is 11.4 Å². The van der Waals surface area contributed by atoms with Crippen molar-refractivity contribution in [3.63, 3.8) is 0 Å². The molecule has 7 atom stereocenters. The summed E-state index contributed by atoms with van der Waals surface area (Å²) in [6, 6.07) is 0. The number of aliphatic hydroxyl groups excluding tert-OH is 1. The van der Waals surface area contributed by atoms with E-state index >= 15 is 0 Å². The molecule has 3 saturated carbocycles. The van der Waals surface area contributed by atoms with Crippen molar-refractivity contribution in [2.45, 2.75) is 91.1 Å². The van der Waals surface area contributed by atoms with Gasteiger partial charge in [-0.2, -0.15) is 8.42 Å². The Labute approximate surface area is 237 Å². The van der Waals surface area contributed by atoms with Crippen LogP contribution >= 0.6 is 0 Å². The summed E-state index contributed by atoms with van der Waals surface area (Å²) >= 11 is 0. The van der Waals surface area contributed by atoms with Crippen molar-refractivity contribution in [1.82, 2.24) is 0 Å². The van der Waals surface area contributed by atoms with E-state index in [-0.39, 0.29) is 41.0 Å². The van der Waals surface area contributed by atoms with E-state index < -0.39 is 51.3 Å². The highest BCUT2D eigenvalue weighted by molar-refractivity contribution is 7.85. The number of esters is 1. The largest absolute Gasteiger partial charge is 0.508 e. The molecule has 0 saturated heterocycles. The van der Waals surface area contributed by atoms with E-state index in [0.717, 1.165) is 44.1 Å². The highest BCUT2D eigenvalue weighted by atomic mass is 32.2. The van der Waals surface area contributed by atoms with Crippen LogP contribution in [0.5, 0.6) is 0 Å². The minimum absolute atomic E-state index is 0.0160. The third kappa shape index (κ3) is 5.20. The van der Waals surface area contributed by atoms with Crippen LogP contribution in [-0.4, -0.2) is 60.2 Å². The van der Waals surface area contributed by atoms with Crippen molar-refractivity contribution in [3.05, 3.63) is 23.5 Å². The van der Waals surface area contributed by atoms with Crippen LogP contribution in [0, 0.1) is 34.5 Å².